The fourth-order valence-electron chi connectivity index (χ4n) is 3.10. The first-order valence-electron chi connectivity index (χ1n) is 8.92. The van der Waals surface area contributed by atoms with Crippen LogP contribution >= 0.6 is 0 Å². The number of ether oxygens (including phenoxy) is 1. The molecule has 6 atom stereocenters. The van der Waals surface area contributed by atoms with Crippen LogP contribution in [0.2, 0.25) is 0 Å². The van der Waals surface area contributed by atoms with Crippen molar-refractivity contribution in [1.82, 2.24) is 24.8 Å². The van der Waals surface area contributed by atoms with Crippen LogP contribution in [0, 0.1) is 0 Å². The summed E-state index contributed by atoms with van der Waals surface area (Å²) in [5.74, 6) is -1.38. The molecule has 6 N–H and O–H groups in total. The number of anilines is 1. The number of aliphatic hydroxyl groups excluding tert-OH is 4. The Morgan fingerprint density at radius 3 is 2.57 bits per heavy atom. The zero-order valence-corrected chi connectivity index (χ0v) is 16.0. The van der Waals surface area contributed by atoms with Crippen LogP contribution in [0.25, 0.3) is 11.2 Å². The highest BCUT2D eigenvalue weighted by atomic mass is 16.6. The number of carboxylic acid groups (broad SMARTS) is 1. The van der Waals surface area contributed by atoms with Crippen molar-refractivity contribution in [3.63, 3.8) is 0 Å². The Hall–Kier alpha value is -2.91. The van der Waals surface area contributed by atoms with Gasteiger partial charge in [0, 0.05) is 7.05 Å². The van der Waals surface area contributed by atoms with Gasteiger partial charge in [-0.2, -0.15) is 0 Å². The summed E-state index contributed by atoms with van der Waals surface area (Å²) >= 11 is 0. The third-order valence-electron chi connectivity index (χ3n) is 4.78. The molecule has 1 fully saturated rings. The van der Waals surface area contributed by atoms with Crippen molar-refractivity contribution in [2.24, 2.45) is 0 Å². The van der Waals surface area contributed by atoms with Gasteiger partial charge < -0.3 is 35.6 Å². The fourth-order valence-corrected chi connectivity index (χ4v) is 3.10. The number of fused-ring (bicyclic) bond motifs is 1. The number of carboxylic acids is 1. The fraction of sp³-hybridized carbons (Fsp3) is 0.562. The molecular weight excluding hydrogens is 404 g/mol. The minimum Gasteiger partial charge on any atom is -0.480 e. The van der Waals surface area contributed by atoms with Crippen molar-refractivity contribution in [2.45, 2.75) is 43.6 Å². The zero-order chi connectivity index (χ0) is 22.2. The van der Waals surface area contributed by atoms with E-state index in [1.165, 1.54) is 24.9 Å². The standard InChI is InChI=1S/C16H22N6O8/c1-6(24)8(15(27)28)20-16(29)21(2)12-9-13(18-4-17-12)22(5-19-9)14-11(26)10(25)7(3-23)30-14/h4-8,10-11,14,23-26H,3H2,1-2H3,(H,20,29)(H,27,28)/t6-,7+,8+,10+,11+,14+/m1/s1. The number of imidazole rings is 1. The van der Waals surface area contributed by atoms with Crippen molar-refractivity contribution < 1.29 is 39.9 Å². The van der Waals surface area contributed by atoms with Crippen molar-refractivity contribution >= 4 is 29.0 Å². The van der Waals surface area contributed by atoms with Crippen LogP contribution in [0.1, 0.15) is 13.2 Å². The van der Waals surface area contributed by atoms with E-state index < -0.39 is 55.3 Å². The number of nitrogens with one attached hydrogen (secondary N) is 1. The first kappa shape index (κ1) is 21.8. The molecule has 0 spiro atoms. The molecular formula is C16H22N6O8. The smallest absolute Gasteiger partial charge is 0.328 e. The maximum Gasteiger partial charge on any atom is 0.328 e. The number of carbonyl (C=O) groups is 2. The Kier molecular flexibility index (Phi) is 6.14. The van der Waals surface area contributed by atoms with E-state index in [-0.39, 0.29) is 17.0 Å². The summed E-state index contributed by atoms with van der Waals surface area (Å²) in [5.41, 5.74) is 0.302. The van der Waals surface area contributed by atoms with Crippen molar-refractivity contribution in [1.29, 1.82) is 0 Å². The Bertz CT molecular complexity index is 936. The van der Waals surface area contributed by atoms with Gasteiger partial charge in [0.15, 0.2) is 29.3 Å². The summed E-state index contributed by atoms with van der Waals surface area (Å²) < 4.78 is 6.79. The predicted octanol–water partition coefficient (Wildman–Crippen LogP) is -2.58. The van der Waals surface area contributed by atoms with E-state index in [1.807, 2.05) is 0 Å². The predicted molar refractivity (Wildman–Crippen MR) is 98.4 cm³/mol. The molecule has 2 amide bonds. The van der Waals surface area contributed by atoms with E-state index in [4.69, 9.17) is 9.84 Å². The van der Waals surface area contributed by atoms with Crippen LogP contribution in [0.4, 0.5) is 10.6 Å². The molecule has 164 valence electrons. The van der Waals surface area contributed by atoms with Gasteiger partial charge in [-0.25, -0.2) is 24.5 Å². The van der Waals surface area contributed by atoms with Gasteiger partial charge in [0.1, 0.15) is 24.6 Å². The van der Waals surface area contributed by atoms with Crippen LogP contribution in [0.5, 0.6) is 0 Å². The number of hydrogen-bond donors (Lipinski definition) is 6. The first-order chi connectivity index (χ1) is 14.2. The van der Waals surface area contributed by atoms with Gasteiger partial charge in [0.25, 0.3) is 0 Å². The molecule has 0 radical (unpaired) electrons. The lowest BCUT2D eigenvalue weighted by Gasteiger charge is -2.22. The Labute approximate surface area is 169 Å². The van der Waals surface area contributed by atoms with Crippen LogP contribution in [0.15, 0.2) is 12.7 Å². The number of urea groups is 1. The topological polar surface area (TPSA) is 203 Å². The molecule has 1 aliphatic rings. The van der Waals surface area contributed by atoms with Crippen LogP contribution in [-0.2, 0) is 9.53 Å². The Morgan fingerprint density at radius 2 is 2.00 bits per heavy atom. The Balaban J connectivity index is 1.90. The maximum atomic E-state index is 12.5. The molecule has 0 aliphatic carbocycles. The summed E-state index contributed by atoms with van der Waals surface area (Å²) in [6, 6.07) is -2.39. The van der Waals surface area contributed by atoms with E-state index in [0.29, 0.717) is 0 Å². The molecule has 1 aliphatic heterocycles. The second kappa shape index (κ2) is 8.45. The van der Waals surface area contributed by atoms with Crippen molar-refractivity contribution in [3.05, 3.63) is 12.7 Å². The molecule has 3 rings (SSSR count). The molecule has 0 saturated carbocycles. The summed E-state index contributed by atoms with van der Waals surface area (Å²) in [6.45, 7) is 0.725. The van der Waals surface area contributed by atoms with Gasteiger partial charge in [-0.05, 0) is 6.92 Å². The summed E-state index contributed by atoms with van der Waals surface area (Å²) in [6.07, 6.45) is -3.70. The lowest BCUT2D eigenvalue weighted by atomic mass is 10.1. The second-order valence-electron chi connectivity index (χ2n) is 6.82. The highest BCUT2D eigenvalue weighted by Crippen LogP contribution is 2.32. The van der Waals surface area contributed by atoms with Crippen LogP contribution in [-0.4, -0.2) is 101 Å². The zero-order valence-electron chi connectivity index (χ0n) is 16.0. The average Bonchev–Trinajstić information content (AvgIpc) is 3.26. The van der Waals surface area contributed by atoms with Gasteiger partial charge in [-0.1, -0.05) is 0 Å². The molecule has 3 heterocycles. The van der Waals surface area contributed by atoms with E-state index in [2.05, 4.69) is 20.3 Å². The van der Waals surface area contributed by atoms with Gasteiger partial charge in [0.05, 0.1) is 19.0 Å². The maximum absolute atomic E-state index is 12.5. The normalized spacial score (nSPS) is 25.8. The monoisotopic (exact) mass is 426 g/mol. The first-order valence-corrected chi connectivity index (χ1v) is 8.92. The van der Waals surface area contributed by atoms with Crippen LogP contribution in [0.3, 0.4) is 0 Å². The third kappa shape index (κ3) is 3.78. The number of amides is 2. The van der Waals surface area contributed by atoms with Gasteiger partial charge in [-0.3, -0.25) is 9.47 Å². The lowest BCUT2D eigenvalue weighted by Crippen LogP contribution is -2.51. The molecule has 2 aromatic rings. The third-order valence-corrected chi connectivity index (χ3v) is 4.78. The summed E-state index contributed by atoms with van der Waals surface area (Å²) in [7, 11) is 1.32. The molecule has 0 aromatic carbocycles. The van der Waals surface area contributed by atoms with Gasteiger partial charge in [-0.15, -0.1) is 0 Å². The lowest BCUT2D eigenvalue weighted by molar-refractivity contribution is -0.141. The SMILES string of the molecule is C[C@@H](O)[C@H](NC(=O)N(C)c1ncnc2c1ncn2[C@H]1O[C@@H](CO)[C@H](O)[C@@H]1O)C(=O)O. The molecule has 2 aromatic heterocycles. The van der Waals surface area contributed by atoms with Crippen molar-refractivity contribution in [3.8, 4) is 0 Å². The molecule has 0 unspecified atom stereocenters. The molecule has 0 bridgehead atoms. The minimum atomic E-state index is -1.53. The number of aliphatic hydroxyl groups is 4. The molecule has 14 heteroatoms. The van der Waals surface area contributed by atoms with Crippen LogP contribution < -0.4 is 10.2 Å². The van der Waals surface area contributed by atoms with E-state index in [9.17, 15) is 30.0 Å². The van der Waals surface area contributed by atoms with E-state index >= 15 is 0 Å². The van der Waals surface area contributed by atoms with Gasteiger partial charge >= 0.3 is 12.0 Å². The molecule has 30 heavy (non-hydrogen) atoms. The quantitative estimate of drug-likeness (QED) is 0.283. The number of rotatable bonds is 6. The second-order valence-corrected chi connectivity index (χ2v) is 6.82. The largest absolute Gasteiger partial charge is 0.480 e. The number of aromatic nitrogens is 4. The van der Waals surface area contributed by atoms with Gasteiger partial charge in [0.2, 0.25) is 0 Å². The van der Waals surface area contributed by atoms with Crippen molar-refractivity contribution in [2.75, 3.05) is 18.6 Å². The Morgan fingerprint density at radius 1 is 1.30 bits per heavy atom. The number of carbonyl (C=O) groups excluding carboxylic acids is 1. The summed E-state index contributed by atoms with van der Waals surface area (Å²) in [4.78, 5) is 36.9. The minimum absolute atomic E-state index is 0.0257. The average molecular weight is 426 g/mol. The highest BCUT2D eigenvalue weighted by Gasteiger charge is 2.44. The van der Waals surface area contributed by atoms with E-state index in [1.54, 1.807) is 0 Å². The number of nitrogens with zero attached hydrogens (tertiary/aromatic N) is 5. The number of hydrogen-bond acceptors (Lipinski definition) is 10. The summed E-state index contributed by atoms with van der Waals surface area (Å²) in [5, 5.41) is 50.3. The highest BCUT2D eigenvalue weighted by molar-refractivity contribution is 5.99. The molecule has 14 nitrogen and oxygen atoms in total. The van der Waals surface area contributed by atoms with E-state index in [0.717, 1.165) is 11.2 Å². The number of aliphatic carboxylic acids is 1. The molecule has 1 saturated heterocycles.